The quantitative estimate of drug-likeness (QED) is 0.110. The largest absolute Gasteiger partial charge is 0.543 e. The average molecular weight is 591 g/mol. The van der Waals surface area contributed by atoms with E-state index in [9.17, 15) is 19.5 Å². The number of fused-ring (bicyclic) bond motifs is 2. The number of β-lactam (4-membered cyclic amide) rings is 1. The van der Waals surface area contributed by atoms with Gasteiger partial charge in [-0.15, -0.1) is 23.1 Å². The van der Waals surface area contributed by atoms with Crippen molar-refractivity contribution in [1.29, 1.82) is 0 Å². The number of rotatable bonds is 8. The van der Waals surface area contributed by atoms with E-state index >= 15 is 0 Å². The minimum absolute atomic E-state index is 0.148. The fourth-order valence-corrected chi connectivity index (χ4v) is 6.63. The van der Waals surface area contributed by atoms with Gasteiger partial charge in [0.05, 0.1) is 11.7 Å². The predicted octanol–water partition coefficient (Wildman–Crippen LogP) is 0.0107. The van der Waals surface area contributed by atoms with Gasteiger partial charge in [0.2, 0.25) is 0 Å². The minimum Gasteiger partial charge on any atom is -0.543 e. The highest BCUT2D eigenvalue weighted by atomic mass is 32.2. The van der Waals surface area contributed by atoms with Gasteiger partial charge in [-0.1, -0.05) is 35.5 Å². The van der Waals surface area contributed by atoms with Crippen LogP contribution < -0.4 is 20.7 Å². The molecule has 208 valence electrons. The SMILES string of the molecule is CO/N=C(\C(=O)N[C@@H]1C(=O)N2C(C(=O)[O-])=C(C[n+]3ccc4nc(-c5ccccc5)[nH]c4c3)CS[C@H]12)c1csc(N)n1. The van der Waals surface area contributed by atoms with E-state index in [1.165, 1.54) is 23.8 Å². The van der Waals surface area contributed by atoms with Crippen LogP contribution >= 0.6 is 23.1 Å². The number of aromatic nitrogens is 4. The number of nitrogen functional groups attached to an aromatic ring is 1. The molecule has 6 rings (SSSR count). The van der Waals surface area contributed by atoms with E-state index in [1.54, 1.807) is 11.6 Å². The van der Waals surface area contributed by atoms with Crippen molar-refractivity contribution < 1.29 is 28.9 Å². The minimum atomic E-state index is -1.46. The number of hydrogen-bond donors (Lipinski definition) is 3. The molecule has 2 amide bonds. The summed E-state index contributed by atoms with van der Waals surface area (Å²) < 4.78 is 1.82. The Morgan fingerprint density at radius 3 is 2.80 bits per heavy atom. The maximum atomic E-state index is 13.1. The molecule has 4 aromatic rings. The molecular formula is C26H22N8O5S2. The first-order chi connectivity index (χ1) is 19.8. The number of carbonyl (C=O) groups excluding carboxylic acids is 3. The molecule has 0 bridgehead atoms. The van der Waals surface area contributed by atoms with Gasteiger partial charge in [0.25, 0.3) is 11.8 Å². The number of hydrogen-bond acceptors (Lipinski definition) is 11. The van der Waals surface area contributed by atoms with E-state index in [0.29, 0.717) is 11.3 Å². The number of benzene rings is 1. The molecule has 1 saturated heterocycles. The molecule has 3 aromatic heterocycles. The lowest BCUT2D eigenvalue weighted by Gasteiger charge is -2.50. The molecule has 0 saturated carbocycles. The highest BCUT2D eigenvalue weighted by Gasteiger charge is 2.53. The number of oxime groups is 1. The van der Waals surface area contributed by atoms with Crippen LogP contribution in [0.4, 0.5) is 5.13 Å². The Morgan fingerprint density at radius 2 is 2.10 bits per heavy atom. The fraction of sp³-hybridized carbons (Fsp3) is 0.192. The molecule has 0 aliphatic carbocycles. The standard InChI is InChI=1S/C26H22N8O5S2/c1-39-32-18(17-12-41-26(27)30-17)22(35)31-19-23(36)34-20(25(37)38)14(11-40-24(19)34)9-33-8-7-15-16(10-33)29-21(28-15)13-5-3-2-4-6-13/h2-8,10,12,19,24H,9,11H2,1H3,(H4,27,30,31,35,37,38)/b32-18-/t19-,24-/m1/s1. The fourth-order valence-electron chi connectivity index (χ4n) is 4.75. The highest BCUT2D eigenvalue weighted by molar-refractivity contribution is 8.00. The summed E-state index contributed by atoms with van der Waals surface area (Å²) in [7, 11) is 1.28. The van der Waals surface area contributed by atoms with Crippen molar-refractivity contribution in [2.45, 2.75) is 18.0 Å². The number of nitrogens with two attached hydrogens (primary N) is 1. The van der Waals surface area contributed by atoms with E-state index < -0.39 is 29.2 Å². The number of imidazole rings is 1. The van der Waals surface area contributed by atoms with Gasteiger partial charge >= 0.3 is 0 Å². The number of carboxylic acids is 1. The smallest absolute Gasteiger partial charge is 0.276 e. The summed E-state index contributed by atoms with van der Waals surface area (Å²) in [6.07, 6.45) is 3.64. The summed E-state index contributed by atoms with van der Waals surface area (Å²) in [4.78, 5) is 56.2. The topological polar surface area (TPSA) is 183 Å². The molecule has 1 fully saturated rings. The molecule has 5 heterocycles. The molecule has 0 radical (unpaired) electrons. The number of thiazole rings is 1. The van der Waals surface area contributed by atoms with Crippen LogP contribution in [0.25, 0.3) is 22.4 Å². The number of carboxylic acid groups (broad SMARTS) is 1. The van der Waals surface area contributed by atoms with E-state index in [0.717, 1.165) is 33.8 Å². The van der Waals surface area contributed by atoms with Crippen molar-refractivity contribution in [2.24, 2.45) is 5.16 Å². The molecule has 2 aliphatic rings. The van der Waals surface area contributed by atoms with Gasteiger partial charge in [-0.25, -0.2) is 9.97 Å². The molecule has 15 heteroatoms. The van der Waals surface area contributed by atoms with Gasteiger partial charge in [-0.2, -0.15) is 4.57 Å². The number of aliphatic carboxylic acids is 1. The van der Waals surface area contributed by atoms with Gasteiger partial charge in [-0.3, -0.25) is 14.5 Å². The van der Waals surface area contributed by atoms with Crippen LogP contribution in [0.1, 0.15) is 5.69 Å². The number of nitrogens with one attached hydrogen (secondary N) is 2. The van der Waals surface area contributed by atoms with Gasteiger partial charge < -0.3 is 30.8 Å². The van der Waals surface area contributed by atoms with Crippen molar-refractivity contribution in [1.82, 2.24) is 25.2 Å². The number of aromatic amines is 1. The Morgan fingerprint density at radius 1 is 1.29 bits per heavy atom. The number of carbonyl (C=O) groups is 3. The third-order valence-electron chi connectivity index (χ3n) is 6.59. The van der Waals surface area contributed by atoms with Crippen LogP contribution in [0.15, 0.2) is 70.6 Å². The van der Waals surface area contributed by atoms with Crippen LogP contribution in [-0.2, 0) is 25.8 Å². The summed E-state index contributed by atoms with van der Waals surface area (Å²) in [6, 6.07) is 10.6. The summed E-state index contributed by atoms with van der Waals surface area (Å²) >= 11 is 2.47. The second-order valence-corrected chi connectivity index (χ2v) is 11.2. The summed E-state index contributed by atoms with van der Waals surface area (Å²) in [5.41, 5.74) is 8.53. The maximum Gasteiger partial charge on any atom is 0.276 e. The molecule has 4 N–H and O–H groups in total. The lowest BCUT2D eigenvalue weighted by Crippen LogP contribution is -2.71. The Bertz CT molecular complexity index is 1750. The molecule has 0 unspecified atom stereocenters. The summed E-state index contributed by atoms with van der Waals surface area (Å²) in [5.74, 6) is -1.69. The number of H-pyrrole nitrogens is 1. The van der Waals surface area contributed by atoms with E-state index in [1.807, 2.05) is 47.2 Å². The second kappa shape index (κ2) is 10.7. The molecule has 13 nitrogen and oxygen atoms in total. The van der Waals surface area contributed by atoms with Crippen molar-refractivity contribution in [2.75, 3.05) is 18.6 Å². The van der Waals surface area contributed by atoms with Crippen molar-refractivity contribution in [3.63, 3.8) is 0 Å². The first-order valence-corrected chi connectivity index (χ1v) is 14.2. The van der Waals surface area contributed by atoms with Crippen LogP contribution in [0, 0.1) is 0 Å². The van der Waals surface area contributed by atoms with Crippen LogP contribution in [0.5, 0.6) is 0 Å². The van der Waals surface area contributed by atoms with E-state index in [-0.39, 0.29) is 28.8 Å². The molecule has 2 atom stereocenters. The summed E-state index contributed by atoms with van der Waals surface area (Å²) in [5, 5.41) is 19.7. The lowest BCUT2D eigenvalue weighted by molar-refractivity contribution is -0.687. The lowest BCUT2D eigenvalue weighted by atomic mass is 10.0. The van der Waals surface area contributed by atoms with Crippen LogP contribution in [0.2, 0.25) is 0 Å². The number of nitrogens with zero attached hydrogens (tertiary/aromatic N) is 5. The second-order valence-electron chi connectivity index (χ2n) is 9.16. The Kier molecular flexibility index (Phi) is 6.88. The van der Waals surface area contributed by atoms with Crippen LogP contribution in [0.3, 0.4) is 0 Å². The molecule has 41 heavy (non-hydrogen) atoms. The van der Waals surface area contributed by atoms with Gasteiger partial charge in [-0.05, 0) is 0 Å². The zero-order valence-corrected chi connectivity index (χ0v) is 23.1. The van der Waals surface area contributed by atoms with E-state index in [2.05, 4.69) is 25.4 Å². The third kappa shape index (κ3) is 4.89. The first-order valence-electron chi connectivity index (χ1n) is 12.3. The molecular weight excluding hydrogens is 568 g/mol. The highest BCUT2D eigenvalue weighted by Crippen LogP contribution is 2.40. The zero-order valence-electron chi connectivity index (χ0n) is 21.4. The van der Waals surface area contributed by atoms with Crippen LogP contribution in [-0.4, -0.2) is 67.6 Å². The first kappa shape index (κ1) is 26.5. The zero-order chi connectivity index (χ0) is 28.7. The van der Waals surface area contributed by atoms with Crippen molar-refractivity contribution in [3.05, 3.63) is 71.1 Å². The Labute approximate surface area is 240 Å². The molecule has 2 aliphatic heterocycles. The predicted molar refractivity (Wildman–Crippen MR) is 149 cm³/mol. The number of anilines is 1. The summed E-state index contributed by atoms with van der Waals surface area (Å²) in [6.45, 7) is 0.218. The van der Waals surface area contributed by atoms with Gasteiger partial charge in [0.1, 0.15) is 41.1 Å². The monoisotopic (exact) mass is 590 g/mol. The molecule has 0 spiro atoms. The number of amides is 2. The third-order valence-corrected chi connectivity index (χ3v) is 8.60. The Balaban J connectivity index is 1.21. The number of thioether (sulfide) groups is 1. The number of pyridine rings is 1. The van der Waals surface area contributed by atoms with Crippen molar-refractivity contribution >= 4 is 62.8 Å². The van der Waals surface area contributed by atoms with Gasteiger partial charge in [0, 0.05) is 28.3 Å². The molecule has 1 aromatic carbocycles. The normalized spacial score (nSPS) is 18.7. The van der Waals surface area contributed by atoms with E-state index in [4.69, 9.17) is 10.6 Å². The average Bonchev–Trinajstić information content (AvgIpc) is 3.60. The van der Waals surface area contributed by atoms with Gasteiger partial charge in [0.15, 0.2) is 29.8 Å². The maximum absolute atomic E-state index is 13.1. The van der Waals surface area contributed by atoms with Crippen molar-refractivity contribution in [3.8, 4) is 11.4 Å². The Hall–Kier alpha value is -4.76.